The monoisotopic (exact) mass is 944 g/mol. The van der Waals surface area contributed by atoms with Gasteiger partial charge in [-0.15, -0.1) is 23.2 Å². The molecule has 2 heterocycles. The molecule has 2 radical (unpaired) electrons. The van der Waals surface area contributed by atoms with Gasteiger partial charge in [0, 0.05) is 12.8 Å². The van der Waals surface area contributed by atoms with E-state index in [0.29, 0.717) is 22.0 Å². The van der Waals surface area contributed by atoms with E-state index in [2.05, 4.69) is 175 Å². The first-order valence-corrected chi connectivity index (χ1v) is 20.6. The smallest absolute Gasteiger partial charge is 2.00 e. The van der Waals surface area contributed by atoms with Crippen molar-refractivity contribution in [2.24, 2.45) is 0 Å². The van der Waals surface area contributed by atoms with Crippen LogP contribution in [0.5, 0.6) is 11.5 Å². The Bertz CT molecular complexity index is 1480. The van der Waals surface area contributed by atoms with Crippen LogP contribution < -0.4 is 20.1 Å². The van der Waals surface area contributed by atoms with Crippen molar-refractivity contribution >= 4 is 61.8 Å². The molecule has 4 atom stereocenters. The zero-order chi connectivity index (χ0) is 33.9. The predicted molar refractivity (Wildman–Crippen MR) is 215 cm³/mol. The summed E-state index contributed by atoms with van der Waals surface area (Å²) in [5.74, 6) is 2.85. The Balaban J connectivity index is 0.000000848. The van der Waals surface area contributed by atoms with E-state index in [1.807, 2.05) is 0 Å². The minimum Gasteiger partial charge on any atom is -2.00 e. The molecule has 6 rings (SSSR count). The Kier molecular flexibility index (Phi) is 23.4. The SMILES string of the molecule is CC(C)(C)[PH+]1c2ccccc2O[C@H]1C/C=C/c1ccccc1.CC(C)(C)[PH+]1c2ccccc2O[C@H]1C/C=C/c1ccccc1.ClCCl.[O-2].[O-2].[Rh+2].[Rh+2]. The number of hydrogen-bond acceptors (Lipinski definition) is 2. The number of benzene rings is 4. The van der Waals surface area contributed by atoms with Gasteiger partial charge in [0.1, 0.15) is 10.6 Å². The van der Waals surface area contributed by atoms with Crippen LogP contribution in [0.4, 0.5) is 0 Å². The molecule has 0 aliphatic carbocycles. The molecule has 2 aliphatic heterocycles. The van der Waals surface area contributed by atoms with Gasteiger partial charge in [-0.05, 0) is 76.9 Å². The fourth-order valence-corrected chi connectivity index (χ4v) is 13.1. The molecule has 0 N–H and O–H groups in total. The Morgan fingerprint density at radius 3 is 1.14 bits per heavy atom. The summed E-state index contributed by atoms with van der Waals surface area (Å²) in [4.78, 5) is 0. The normalized spacial score (nSPS) is 18.4. The first-order valence-electron chi connectivity index (χ1n) is 16.3. The van der Waals surface area contributed by atoms with Crippen molar-refractivity contribution in [3.05, 3.63) is 132 Å². The van der Waals surface area contributed by atoms with E-state index in [4.69, 9.17) is 32.7 Å². The Hall–Kier alpha value is -1.43. The maximum absolute atomic E-state index is 6.28. The van der Waals surface area contributed by atoms with E-state index in [1.165, 1.54) is 21.7 Å². The summed E-state index contributed by atoms with van der Waals surface area (Å²) in [6.07, 6.45) is 10.9. The standard InChI is InChI=1S/2C20H23OP.CH2Cl2.2O.2Rh/c2*1-20(2,3)22-18-14-8-7-13-17(18)21-19(22)15-9-12-16-10-5-4-6-11-16;2-1-3;;;;/h2*4-14,19H,15H2,1-3H3;1H2;;;;/q;;;2*-2;2*+2/p+2/b2*12-9+;;;;;/t2*19-,22?;;;;;/m11...../s1. The van der Waals surface area contributed by atoms with Crippen molar-refractivity contribution in [3.63, 3.8) is 0 Å². The molecule has 51 heavy (non-hydrogen) atoms. The van der Waals surface area contributed by atoms with Crippen molar-refractivity contribution < 1.29 is 59.4 Å². The maximum atomic E-state index is 6.28. The van der Waals surface area contributed by atoms with Crippen molar-refractivity contribution in [2.75, 3.05) is 5.34 Å². The van der Waals surface area contributed by atoms with Gasteiger partial charge in [-0.25, -0.2) is 0 Å². The second kappa shape index (κ2) is 24.1. The average Bonchev–Trinajstić information content (AvgIpc) is 3.61. The number of ether oxygens (including phenoxy) is 2. The van der Waals surface area contributed by atoms with Crippen LogP contribution in [0.25, 0.3) is 12.2 Å². The quantitative estimate of drug-likeness (QED) is 0.110. The zero-order valence-electron chi connectivity index (χ0n) is 30.0. The molecule has 10 heteroatoms. The fraction of sp³-hybridized carbons (Fsp3) is 0.317. The van der Waals surface area contributed by atoms with E-state index in [9.17, 15) is 0 Å². The van der Waals surface area contributed by atoms with E-state index in [1.54, 1.807) is 0 Å². The third-order valence-electron chi connectivity index (χ3n) is 8.07. The fourth-order valence-electron chi connectivity index (χ4n) is 6.24. The third kappa shape index (κ3) is 14.7. The number of hydrogen-bond donors (Lipinski definition) is 0. The van der Waals surface area contributed by atoms with Gasteiger partial charge >= 0.3 is 39.0 Å². The summed E-state index contributed by atoms with van der Waals surface area (Å²) in [6.45, 7) is 14.1. The molecule has 0 spiro atoms. The molecule has 4 nitrogen and oxygen atoms in total. The molecular weight excluding hydrogens is 895 g/mol. The summed E-state index contributed by atoms with van der Waals surface area (Å²) >= 11 is 9.53. The molecule has 278 valence electrons. The molecule has 0 saturated carbocycles. The van der Waals surface area contributed by atoms with Crippen LogP contribution in [0.3, 0.4) is 0 Å². The number of para-hydroxylation sites is 2. The van der Waals surface area contributed by atoms with Gasteiger partial charge in [0.05, 0.1) is 31.5 Å². The van der Waals surface area contributed by atoms with Crippen LogP contribution in [0.1, 0.15) is 65.5 Å². The molecule has 0 aromatic heterocycles. The van der Waals surface area contributed by atoms with Gasteiger partial charge < -0.3 is 20.4 Å². The van der Waals surface area contributed by atoms with Crippen LogP contribution >= 0.6 is 39.0 Å². The van der Waals surface area contributed by atoms with Crippen LogP contribution in [0.2, 0.25) is 0 Å². The van der Waals surface area contributed by atoms with Gasteiger partial charge in [0.25, 0.3) is 0 Å². The van der Waals surface area contributed by atoms with E-state index in [0.717, 1.165) is 24.3 Å². The number of halogens is 2. The maximum Gasteiger partial charge on any atom is 2.00 e. The van der Waals surface area contributed by atoms with Gasteiger partial charge in [0.15, 0.2) is 11.5 Å². The molecule has 0 bridgehead atoms. The Labute approximate surface area is 344 Å². The topological polar surface area (TPSA) is 75.5 Å². The largest absolute Gasteiger partial charge is 2.00 e. The van der Waals surface area contributed by atoms with Gasteiger partial charge in [-0.3, -0.25) is 0 Å². The molecular formula is C41H50Cl2O4P2Rh2+2. The summed E-state index contributed by atoms with van der Waals surface area (Å²) in [5, 5.41) is 3.70. The van der Waals surface area contributed by atoms with Crippen molar-refractivity contribution in [3.8, 4) is 11.5 Å². The van der Waals surface area contributed by atoms with Crippen LogP contribution in [-0.4, -0.2) is 27.3 Å². The van der Waals surface area contributed by atoms with Crippen LogP contribution in [0, 0.1) is 0 Å². The second-order valence-corrected chi connectivity index (χ2v) is 21.6. The minimum atomic E-state index is -0.750. The summed E-state index contributed by atoms with van der Waals surface area (Å²) in [5.41, 5.74) is 2.50. The summed E-state index contributed by atoms with van der Waals surface area (Å²) < 4.78 is 12.6. The molecule has 2 unspecified atom stereocenters. The Morgan fingerprint density at radius 2 is 0.824 bits per heavy atom. The number of alkyl halides is 2. The molecule has 0 fully saturated rings. The van der Waals surface area contributed by atoms with Crippen LogP contribution in [0.15, 0.2) is 121 Å². The summed E-state index contributed by atoms with van der Waals surface area (Å²) in [6, 6.07) is 38.1. The van der Waals surface area contributed by atoms with Gasteiger partial charge in [0.2, 0.25) is 11.7 Å². The van der Waals surface area contributed by atoms with E-state index >= 15 is 0 Å². The first-order chi connectivity index (χ1) is 22.5. The molecule has 2 aliphatic rings. The minimum absolute atomic E-state index is 0. The van der Waals surface area contributed by atoms with E-state index in [-0.39, 0.29) is 55.2 Å². The third-order valence-corrected chi connectivity index (χ3v) is 15.3. The second-order valence-electron chi connectivity index (χ2n) is 13.7. The number of rotatable bonds is 6. The summed E-state index contributed by atoms with van der Waals surface area (Å²) in [7, 11) is -1.50. The van der Waals surface area contributed by atoms with Gasteiger partial charge in [-0.1, -0.05) is 109 Å². The first kappa shape index (κ1) is 49.6. The van der Waals surface area contributed by atoms with Gasteiger partial charge in [-0.2, -0.15) is 0 Å². The molecule has 0 amide bonds. The average molecular weight is 946 g/mol. The predicted octanol–water partition coefficient (Wildman–Crippen LogP) is 11.5. The van der Waals surface area contributed by atoms with Crippen molar-refractivity contribution in [1.82, 2.24) is 0 Å². The molecule has 0 saturated heterocycles. The Morgan fingerprint density at radius 1 is 0.529 bits per heavy atom. The zero-order valence-corrected chi connectivity index (χ0v) is 36.8. The molecule has 4 aromatic rings. The molecule has 4 aromatic carbocycles. The van der Waals surface area contributed by atoms with E-state index < -0.39 is 15.8 Å². The number of fused-ring (bicyclic) bond motifs is 2. The van der Waals surface area contributed by atoms with Crippen molar-refractivity contribution in [1.29, 1.82) is 0 Å². The van der Waals surface area contributed by atoms with Crippen molar-refractivity contribution in [2.45, 2.75) is 76.4 Å². The van der Waals surface area contributed by atoms with Crippen LogP contribution in [-0.2, 0) is 49.9 Å².